The van der Waals surface area contributed by atoms with Crippen LogP contribution in [0.4, 0.5) is 10.5 Å². The van der Waals surface area contributed by atoms with Gasteiger partial charge in [-0.2, -0.15) is 0 Å². The second kappa shape index (κ2) is 4.38. The lowest BCUT2D eigenvalue weighted by atomic mass is 10.1. The maximum absolute atomic E-state index is 12.4. The Kier molecular flexibility index (Phi) is 3.01. The van der Waals surface area contributed by atoms with Crippen LogP contribution in [-0.4, -0.2) is 23.8 Å². The number of anilines is 1. The highest BCUT2D eigenvalue weighted by Crippen LogP contribution is 2.49. The summed E-state index contributed by atoms with van der Waals surface area (Å²) in [4.78, 5) is 14.1. The summed E-state index contributed by atoms with van der Waals surface area (Å²) >= 11 is 3.44. The second-order valence-corrected chi connectivity index (χ2v) is 7.38. The average molecular weight is 340 g/mol. The third-order valence-corrected chi connectivity index (χ3v) is 3.90. The topological polar surface area (TPSA) is 38.8 Å². The molecule has 0 aromatic heterocycles. The largest absolute Gasteiger partial charge is 0.483 e. The van der Waals surface area contributed by atoms with E-state index in [0.29, 0.717) is 6.54 Å². The molecule has 1 aliphatic carbocycles. The summed E-state index contributed by atoms with van der Waals surface area (Å²) in [5.74, 6) is 0.753. The quantitative estimate of drug-likeness (QED) is 0.713. The van der Waals surface area contributed by atoms with Crippen molar-refractivity contribution in [2.24, 2.45) is 0 Å². The highest BCUT2D eigenvalue weighted by molar-refractivity contribution is 9.10. The fourth-order valence-corrected chi connectivity index (χ4v) is 2.66. The fourth-order valence-electron chi connectivity index (χ4n) is 2.31. The van der Waals surface area contributed by atoms with E-state index in [4.69, 9.17) is 9.47 Å². The molecule has 1 spiro atoms. The Morgan fingerprint density at radius 3 is 2.70 bits per heavy atom. The highest BCUT2D eigenvalue weighted by atomic mass is 79.9. The first-order valence-corrected chi connectivity index (χ1v) is 7.56. The molecule has 3 rings (SSSR count). The molecule has 1 heterocycles. The first-order chi connectivity index (χ1) is 9.28. The molecule has 4 nitrogen and oxygen atoms in total. The van der Waals surface area contributed by atoms with Crippen molar-refractivity contribution in [1.82, 2.24) is 0 Å². The van der Waals surface area contributed by atoms with Gasteiger partial charge in [-0.3, -0.25) is 4.90 Å². The van der Waals surface area contributed by atoms with E-state index >= 15 is 0 Å². The van der Waals surface area contributed by atoms with E-state index in [0.717, 1.165) is 28.8 Å². The Bertz CT molecular complexity index is 561. The number of nitrogens with zero attached hydrogens (tertiary/aromatic N) is 1. The van der Waals surface area contributed by atoms with Gasteiger partial charge >= 0.3 is 6.09 Å². The van der Waals surface area contributed by atoms with E-state index in [9.17, 15) is 4.79 Å². The van der Waals surface area contributed by atoms with Gasteiger partial charge in [0.2, 0.25) is 0 Å². The van der Waals surface area contributed by atoms with Crippen LogP contribution in [-0.2, 0) is 4.74 Å². The molecule has 1 aromatic rings. The molecule has 0 atom stereocenters. The zero-order valence-corrected chi connectivity index (χ0v) is 13.5. The van der Waals surface area contributed by atoms with Crippen LogP contribution in [0.1, 0.15) is 33.6 Å². The van der Waals surface area contributed by atoms with Crippen LogP contribution in [0.15, 0.2) is 22.7 Å². The maximum atomic E-state index is 12.4. The molecule has 0 N–H and O–H groups in total. The summed E-state index contributed by atoms with van der Waals surface area (Å²) in [6.45, 7) is 6.19. The monoisotopic (exact) mass is 339 g/mol. The molecule has 1 aromatic carbocycles. The van der Waals surface area contributed by atoms with Gasteiger partial charge < -0.3 is 9.47 Å². The van der Waals surface area contributed by atoms with Crippen molar-refractivity contribution >= 4 is 27.7 Å². The van der Waals surface area contributed by atoms with Crippen molar-refractivity contribution in [3.63, 3.8) is 0 Å². The molecule has 1 saturated carbocycles. The van der Waals surface area contributed by atoms with Gasteiger partial charge in [0.1, 0.15) is 17.0 Å². The summed E-state index contributed by atoms with van der Waals surface area (Å²) in [6.07, 6.45) is 1.66. The Hall–Kier alpha value is -1.23. The van der Waals surface area contributed by atoms with E-state index in [1.165, 1.54) is 0 Å². The molecule has 108 valence electrons. The molecule has 0 radical (unpaired) electrons. The van der Waals surface area contributed by atoms with Gasteiger partial charge in [0.05, 0.1) is 12.2 Å². The molecule has 0 saturated heterocycles. The van der Waals surface area contributed by atoms with Crippen LogP contribution < -0.4 is 9.64 Å². The Balaban J connectivity index is 1.94. The van der Waals surface area contributed by atoms with Crippen molar-refractivity contribution in [3.8, 4) is 5.75 Å². The summed E-state index contributed by atoms with van der Waals surface area (Å²) in [5.41, 5.74) is 0.0712. The number of carbonyl (C=O) groups is 1. The number of hydrogen-bond acceptors (Lipinski definition) is 3. The van der Waals surface area contributed by atoms with Crippen LogP contribution in [0.3, 0.4) is 0 Å². The van der Waals surface area contributed by atoms with Gasteiger partial charge in [-0.05, 0) is 51.8 Å². The SMILES string of the molecule is CC(C)(C)OC(=O)N1CC2(CC2)Oc2ccc(Br)cc21. The summed E-state index contributed by atoms with van der Waals surface area (Å²) < 4.78 is 12.5. The second-order valence-electron chi connectivity index (χ2n) is 6.46. The molecule has 2 aliphatic rings. The Labute approximate surface area is 127 Å². The zero-order valence-electron chi connectivity index (χ0n) is 11.9. The summed E-state index contributed by atoms with van der Waals surface area (Å²) in [5, 5.41) is 0. The molecular formula is C15H18BrNO3. The maximum Gasteiger partial charge on any atom is 0.415 e. The molecular weight excluding hydrogens is 322 g/mol. The number of hydrogen-bond donors (Lipinski definition) is 0. The lowest BCUT2D eigenvalue weighted by Crippen LogP contribution is -2.47. The Morgan fingerprint density at radius 1 is 1.40 bits per heavy atom. The van der Waals surface area contributed by atoms with Gasteiger partial charge in [-0.15, -0.1) is 0 Å². The van der Waals surface area contributed by atoms with E-state index in [2.05, 4.69) is 15.9 Å². The smallest absolute Gasteiger partial charge is 0.415 e. The minimum absolute atomic E-state index is 0.197. The molecule has 0 unspecified atom stereocenters. The lowest BCUT2D eigenvalue weighted by Gasteiger charge is -2.36. The first-order valence-electron chi connectivity index (χ1n) is 6.77. The van der Waals surface area contributed by atoms with E-state index in [-0.39, 0.29) is 11.7 Å². The Morgan fingerprint density at radius 2 is 2.10 bits per heavy atom. The van der Waals surface area contributed by atoms with Crippen LogP contribution in [0.5, 0.6) is 5.75 Å². The van der Waals surface area contributed by atoms with Crippen LogP contribution in [0, 0.1) is 0 Å². The normalized spacial score (nSPS) is 19.3. The molecule has 5 heteroatoms. The molecule has 0 bridgehead atoms. The van der Waals surface area contributed by atoms with Crippen molar-refractivity contribution in [3.05, 3.63) is 22.7 Å². The number of amides is 1. The van der Waals surface area contributed by atoms with E-state index < -0.39 is 5.60 Å². The summed E-state index contributed by atoms with van der Waals surface area (Å²) in [7, 11) is 0. The van der Waals surface area contributed by atoms with Crippen molar-refractivity contribution < 1.29 is 14.3 Å². The van der Waals surface area contributed by atoms with Crippen LogP contribution in [0.25, 0.3) is 0 Å². The minimum atomic E-state index is -0.502. The molecule has 1 fully saturated rings. The van der Waals surface area contributed by atoms with Gasteiger partial charge in [-0.1, -0.05) is 15.9 Å². The number of carbonyl (C=O) groups excluding carboxylic acids is 1. The zero-order chi connectivity index (χ0) is 14.5. The predicted octanol–water partition coefficient (Wildman–Crippen LogP) is 4.12. The molecule has 20 heavy (non-hydrogen) atoms. The van der Waals surface area contributed by atoms with Crippen molar-refractivity contribution in [2.75, 3.05) is 11.4 Å². The highest BCUT2D eigenvalue weighted by Gasteiger charge is 2.51. The number of benzene rings is 1. The van der Waals surface area contributed by atoms with Crippen molar-refractivity contribution in [2.45, 2.75) is 44.8 Å². The fraction of sp³-hybridized carbons (Fsp3) is 0.533. The third-order valence-electron chi connectivity index (χ3n) is 3.41. The summed E-state index contributed by atoms with van der Waals surface area (Å²) in [6, 6.07) is 5.72. The molecule has 1 amide bonds. The van der Waals surface area contributed by atoms with Gasteiger partial charge in [0.15, 0.2) is 0 Å². The van der Waals surface area contributed by atoms with Crippen LogP contribution >= 0.6 is 15.9 Å². The predicted molar refractivity (Wildman–Crippen MR) is 80.3 cm³/mol. The number of rotatable bonds is 0. The van der Waals surface area contributed by atoms with E-state index in [1.54, 1.807) is 4.90 Å². The molecule has 1 aliphatic heterocycles. The third kappa shape index (κ3) is 2.64. The van der Waals surface area contributed by atoms with Gasteiger partial charge in [0, 0.05) is 4.47 Å². The van der Waals surface area contributed by atoms with Gasteiger partial charge in [-0.25, -0.2) is 4.79 Å². The van der Waals surface area contributed by atoms with Gasteiger partial charge in [0.25, 0.3) is 0 Å². The lowest BCUT2D eigenvalue weighted by molar-refractivity contribution is 0.0537. The average Bonchev–Trinajstić information content (AvgIpc) is 3.06. The van der Waals surface area contributed by atoms with E-state index in [1.807, 2.05) is 39.0 Å². The standard InChI is InChI=1S/C15H18BrNO3/c1-14(2,3)20-13(18)17-9-15(6-7-15)19-12-5-4-10(16)8-11(12)17/h4-5,8H,6-7,9H2,1-3H3. The number of ether oxygens (including phenoxy) is 2. The number of fused-ring (bicyclic) bond motifs is 1. The number of halogens is 1. The van der Waals surface area contributed by atoms with Crippen molar-refractivity contribution in [1.29, 1.82) is 0 Å². The van der Waals surface area contributed by atoms with Crippen LogP contribution in [0.2, 0.25) is 0 Å². The first kappa shape index (κ1) is 13.7. The minimum Gasteiger partial charge on any atom is -0.483 e.